The Bertz CT molecular complexity index is 1140. The molecular formula is C20H20N4O3S2. The summed E-state index contributed by atoms with van der Waals surface area (Å²) in [6, 6.07) is 13.3. The molecule has 1 atom stereocenters. The van der Waals surface area contributed by atoms with Crippen LogP contribution in [-0.4, -0.2) is 57.6 Å². The van der Waals surface area contributed by atoms with Gasteiger partial charge in [-0.1, -0.05) is 24.3 Å². The first-order valence-corrected chi connectivity index (χ1v) is 12.3. The van der Waals surface area contributed by atoms with Crippen molar-refractivity contribution < 1.29 is 13.2 Å². The van der Waals surface area contributed by atoms with Gasteiger partial charge in [-0.05, 0) is 42.8 Å². The number of benzene rings is 1. The fraction of sp³-hybridized carbons (Fsp3) is 0.350. The monoisotopic (exact) mass is 428 g/mol. The first kappa shape index (κ1) is 18.5. The number of carbonyl (C=O) groups is 1. The van der Waals surface area contributed by atoms with Crippen LogP contribution >= 0.6 is 11.3 Å². The van der Waals surface area contributed by atoms with E-state index in [-0.39, 0.29) is 35.3 Å². The van der Waals surface area contributed by atoms with E-state index in [2.05, 4.69) is 10.1 Å². The van der Waals surface area contributed by atoms with Gasteiger partial charge in [0, 0.05) is 12.1 Å². The van der Waals surface area contributed by atoms with Crippen molar-refractivity contribution in [2.24, 2.45) is 0 Å². The highest BCUT2D eigenvalue weighted by Gasteiger charge is 2.43. The van der Waals surface area contributed by atoms with Gasteiger partial charge in [0.15, 0.2) is 15.7 Å². The summed E-state index contributed by atoms with van der Waals surface area (Å²) in [5, 5.41) is 6.51. The molecule has 3 heterocycles. The molecule has 1 amide bonds. The van der Waals surface area contributed by atoms with Crippen LogP contribution in [0, 0.1) is 0 Å². The quantitative estimate of drug-likeness (QED) is 0.624. The number of thiophene rings is 1. The van der Waals surface area contributed by atoms with E-state index in [4.69, 9.17) is 0 Å². The van der Waals surface area contributed by atoms with Crippen LogP contribution in [0.25, 0.3) is 16.4 Å². The summed E-state index contributed by atoms with van der Waals surface area (Å²) < 4.78 is 25.6. The van der Waals surface area contributed by atoms with E-state index < -0.39 is 9.84 Å². The molecule has 0 radical (unpaired) electrons. The third-order valence-electron chi connectivity index (χ3n) is 5.32. The maximum Gasteiger partial charge on any atom is 0.294 e. The molecule has 1 unspecified atom stereocenters. The highest BCUT2D eigenvalue weighted by atomic mass is 32.2. The van der Waals surface area contributed by atoms with Crippen LogP contribution < -0.4 is 0 Å². The van der Waals surface area contributed by atoms with E-state index >= 15 is 0 Å². The minimum Gasteiger partial charge on any atom is -0.329 e. The summed E-state index contributed by atoms with van der Waals surface area (Å²) in [5.41, 5.74) is 0.823. The second kappa shape index (κ2) is 7.07. The van der Waals surface area contributed by atoms with Crippen LogP contribution in [0.5, 0.6) is 0 Å². The lowest BCUT2D eigenvalue weighted by Crippen LogP contribution is -2.43. The van der Waals surface area contributed by atoms with Crippen LogP contribution in [0.15, 0.2) is 47.8 Å². The first-order chi connectivity index (χ1) is 14.0. The van der Waals surface area contributed by atoms with Gasteiger partial charge >= 0.3 is 0 Å². The number of carbonyl (C=O) groups excluding carboxylic acids is 1. The normalized spacial score (nSPS) is 20.6. The van der Waals surface area contributed by atoms with E-state index in [9.17, 15) is 13.2 Å². The van der Waals surface area contributed by atoms with Crippen molar-refractivity contribution in [2.45, 2.75) is 31.3 Å². The Balaban J connectivity index is 1.54. The van der Waals surface area contributed by atoms with Crippen LogP contribution in [0.2, 0.25) is 0 Å². The number of amides is 1. The molecule has 150 valence electrons. The number of aromatic nitrogens is 3. The van der Waals surface area contributed by atoms with Crippen molar-refractivity contribution in [2.75, 3.05) is 11.5 Å². The van der Waals surface area contributed by atoms with E-state index in [1.165, 1.54) is 11.3 Å². The molecule has 1 saturated heterocycles. The van der Waals surface area contributed by atoms with Crippen LogP contribution in [0.4, 0.5) is 0 Å². The first-order valence-electron chi connectivity index (χ1n) is 9.61. The summed E-state index contributed by atoms with van der Waals surface area (Å²) >= 11 is 1.53. The lowest BCUT2D eigenvalue weighted by molar-refractivity contribution is 0.0668. The molecule has 1 aromatic carbocycles. The molecule has 2 aliphatic rings. The summed E-state index contributed by atoms with van der Waals surface area (Å²) in [6.45, 7) is 0. The summed E-state index contributed by atoms with van der Waals surface area (Å²) in [6.07, 6.45) is 2.29. The largest absolute Gasteiger partial charge is 0.329 e. The Morgan fingerprint density at radius 1 is 1.07 bits per heavy atom. The molecule has 0 bridgehead atoms. The van der Waals surface area contributed by atoms with Gasteiger partial charge in [0.25, 0.3) is 5.91 Å². The Morgan fingerprint density at radius 2 is 1.86 bits per heavy atom. The van der Waals surface area contributed by atoms with Gasteiger partial charge in [-0.15, -0.1) is 16.4 Å². The van der Waals surface area contributed by atoms with E-state index in [1.807, 2.05) is 47.8 Å². The lowest BCUT2D eigenvalue weighted by atomic mass is 10.2. The molecule has 0 N–H and O–H groups in total. The number of hydrogen-bond donors (Lipinski definition) is 0. The fourth-order valence-electron chi connectivity index (χ4n) is 3.81. The Morgan fingerprint density at radius 3 is 2.48 bits per heavy atom. The fourth-order valence-corrected chi connectivity index (χ4v) is 6.22. The van der Waals surface area contributed by atoms with Crippen molar-refractivity contribution in [3.05, 3.63) is 53.7 Å². The van der Waals surface area contributed by atoms with E-state index in [0.29, 0.717) is 12.2 Å². The smallest absolute Gasteiger partial charge is 0.294 e. The number of rotatable bonds is 5. The molecule has 9 heteroatoms. The average molecular weight is 429 g/mol. The zero-order valence-electron chi connectivity index (χ0n) is 15.6. The lowest BCUT2D eigenvalue weighted by Gasteiger charge is -2.27. The molecule has 1 aliphatic carbocycles. The van der Waals surface area contributed by atoms with Gasteiger partial charge < -0.3 is 4.90 Å². The molecule has 1 aliphatic heterocycles. The molecule has 2 fully saturated rings. The van der Waals surface area contributed by atoms with Gasteiger partial charge in [-0.25, -0.2) is 18.1 Å². The van der Waals surface area contributed by atoms with Crippen LogP contribution in [0.1, 0.15) is 29.9 Å². The third-order valence-corrected chi connectivity index (χ3v) is 7.93. The number of sulfone groups is 1. The topological polar surface area (TPSA) is 85.2 Å². The molecule has 2 aromatic heterocycles. The number of nitrogens with zero attached hydrogens (tertiary/aromatic N) is 4. The van der Waals surface area contributed by atoms with Crippen molar-refractivity contribution in [3.8, 4) is 16.4 Å². The van der Waals surface area contributed by atoms with Crippen molar-refractivity contribution in [1.82, 2.24) is 19.7 Å². The molecule has 7 nitrogen and oxygen atoms in total. The molecule has 29 heavy (non-hydrogen) atoms. The Hall–Kier alpha value is -2.52. The zero-order chi connectivity index (χ0) is 20.0. The Kier molecular flexibility index (Phi) is 4.51. The predicted molar refractivity (Wildman–Crippen MR) is 111 cm³/mol. The summed E-state index contributed by atoms with van der Waals surface area (Å²) in [4.78, 5) is 20.6. The minimum absolute atomic E-state index is 0.0341. The van der Waals surface area contributed by atoms with Gasteiger partial charge in [-0.2, -0.15) is 0 Å². The van der Waals surface area contributed by atoms with Crippen LogP contribution in [-0.2, 0) is 9.84 Å². The van der Waals surface area contributed by atoms with Crippen molar-refractivity contribution in [3.63, 3.8) is 0 Å². The SMILES string of the molecule is O=C(c1nc(-c2cccs2)n(-c2ccccc2)n1)N(C1CC1)C1CCS(=O)(=O)C1. The van der Waals surface area contributed by atoms with E-state index in [0.717, 1.165) is 23.4 Å². The van der Waals surface area contributed by atoms with E-state index in [1.54, 1.807) is 9.58 Å². The third kappa shape index (κ3) is 3.60. The molecule has 0 spiro atoms. The Labute approximate surface area is 172 Å². The van der Waals surface area contributed by atoms with Gasteiger partial charge in [-0.3, -0.25) is 4.79 Å². The molecule has 1 saturated carbocycles. The molecule has 3 aromatic rings. The predicted octanol–water partition coefficient (Wildman–Crippen LogP) is 2.79. The van der Waals surface area contributed by atoms with Crippen molar-refractivity contribution in [1.29, 1.82) is 0 Å². The average Bonchev–Trinajstić information content (AvgIpc) is 3.11. The van der Waals surface area contributed by atoms with Gasteiger partial charge in [0.2, 0.25) is 5.82 Å². The number of hydrogen-bond acceptors (Lipinski definition) is 6. The summed E-state index contributed by atoms with van der Waals surface area (Å²) in [5.74, 6) is 0.632. The number of para-hydroxylation sites is 1. The minimum atomic E-state index is -3.08. The second-order valence-corrected chi connectivity index (χ2v) is 10.7. The summed E-state index contributed by atoms with van der Waals surface area (Å²) in [7, 11) is -3.08. The highest BCUT2D eigenvalue weighted by molar-refractivity contribution is 7.91. The standard InChI is InChI=1S/C20H20N4O3S2/c25-20(23(14-8-9-14)16-10-12-29(26,27)13-16)18-21-19(17-7-4-11-28-17)24(22-18)15-5-2-1-3-6-15/h1-7,11,14,16H,8-10,12-13H2. The van der Waals surface area contributed by atoms with Gasteiger partial charge in [0.1, 0.15) is 0 Å². The molecular weight excluding hydrogens is 408 g/mol. The molecule has 5 rings (SSSR count). The van der Waals surface area contributed by atoms with Crippen LogP contribution in [0.3, 0.4) is 0 Å². The second-order valence-electron chi connectivity index (χ2n) is 7.48. The maximum absolute atomic E-state index is 13.4. The zero-order valence-corrected chi connectivity index (χ0v) is 17.3. The highest BCUT2D eigenvalue weighted by Crippen LogP contribution is 2.34. The maximum atomic E-state index is 13.4. The van der Waals surface area contributed by atoms with Crippen molar-refractivity contribution >= 4 is 27.1 Å². The van der Waals surface area contributed by atoms with Gasteiger partial charge in [0.05, 0.1) is 22.1 Å².